The highest BCUT2D eigenvalue weighted by Crippen LogP contribution is 2.31. The number of piperidine rings is 1. The van der Waals surface area contributed by atoms with Crippen LogP contribution in [-0.4, -0.2) is 36.2 Å². The highest BCUT2D eigenvalue weighted by atomic mass is 32.2. The summed E-state index contributed by atoms with van der Waals surface area (Å²) in [5, 5.41) is 14.3. The summed E-state index contributed by atoms with van der Waals surface area (Å²) in [4.78, 5) is 26.5. The third kappa shape index (κ3) is 5.48. The summed E-state index contributed by atoms with van der Waals surface area (Å²) in [6.45, 7) is 2.00. The van der Waals surface area contributed by atoms with Crippen LogP contribution in [0, 0.1) is 16.0 Å². The largest absolute Gasteiger partial charge is 0.366 e. The number of carbonyl (C=O) groups is 1. The van der Waals surface area contributed by atoms with Crippen LogP contribution in [0.2, 0.25) is 0 Å². The molecule has 28 heavy (non-hydrogen) atoms. The van der Waals surface area contributed by atoms with Crippen LogP contribution in [0.15, 0.2) is 59.5 Å². The molecule has 0 bridgehead atoms. The second-order valence-electron chi connectivity index (χ2n) is 6.81. The molecule has 1 N–H and O–H groups in total. The van der Waals surface area contributed by atoms with Crippen molar-refractivity contribution in [3.8, 4) is 0 Å². The molecule has 1 fully saturated rings. The molecule has 0 atom stereocenters. The van der Waals surface area contributed by atoms with Crippen LogP contribution in [0.5, 0.6) is 0 Å². The molecule has 0 radical (unpaired) electrons. The number of amides is 1. The Labute approximate surface area is 169 Å². The molecular formula is C21H25N3O3S. The fourth-order valence-electron chi connectivity index (χ4n) is 3.40. The minimum absolute atomic E-state index is 0.0132. The number of thioether (sulfide) groups is 1. The maximum absolute atomic E-state index is 12.4. The first-order valence-electron chi connectivity index (χ1n) is 9.59. The molecule has 0 aromatic heterocycles. The number of nitrogens with one attached hydrogen (secondary N) is 1. The van der Waals surface area contributed by atoms with Gasteiger partial charge in [-0.2, -0.15) is 0 Å². The zero-order valence-corrected chi connectivity index (χ0v) is 16.6. The van der Waals surface area contributed by atoms with E-state index in [1.807, 2.05) is 29.2 Å². The molecule has 2 aromatic carbocycles. The van der Waals surface area contributed by atoms with Crippen LogP contribution in [-0.2, 0) is 4.79 Å². The van der Waals surface area contributed by atoms with Gasteiger partial charge in [0, 0.05) is 36.5 Å². The van der Waals surface area contributed by atoms with E-state index >= 15 is 0 Å². The topological polar surface area (TPSA) is 75.5 Å². The number of nitro groups is 1. The molecule has 148 valence electrons. The van der Waals surface area contributed by atoms with Crippen molar-refractivity contribution in [2.45, 2.75) is 24.2 Å². The Bertz CT molecular complexity index is 792. The van der Waals surface area contributed by atoms with Gasteiger partial charge >= 0.3 is 0 Å². The van der Waals surface area contributed by atoms with E-state index in [4.69, 9.17) is 0 Å². The number of rotatable bonds is 8. The Morgan fingerprint density at radius 3 is 2.50 bits per heavy atom. The third-order valence-electron chi connectivity index (χ3n) is 4.92. The van der Waals surface area contributed by atoms with E-state index in [0.29, 0.717) is 25.3 Å². The minimum atomic E-state index is -0.346. The summed E-state index contributed by atoms with van der Waals surface area (Å²) in [7, 11) is 0. The molecule has 0 aliphatic carbocycles. The molecule has 0 saturated carbocycles. The average Bonchev–Trinajstić information content (AvgIpc) is 2.74. The molecular weight excluding hydrogens is 374 g/mol. The van der Waals surface area contributed by atoms with Gasteiger partial charge < -0.3 is 10.2 Å². The van der Waals surface area contributed by atoms with Crippen LogP contribution in [0.4, 0.5) is 11.4 Å². The third-order valence-corrected chi connectivity index (χ3v) is 6.02. The fourth-order valence-corrected chi connectivity index (χ4v) is 4.28. The number of hydrogen-bond donors (Lipinski definition) is 1. The van der Waals surface area contributed by atoms with Crippen LogP contribution in [0.1, 0.15) is 19.3 Å². The van der Waals surface area contributed by atoms with Gasteiger partial charge in [-0.15, -0.1) is 11.8 Å². The van der Waals surface area contributed by atoms with Gasteiger partial charge in [0.25, 0.3) is 5.69 Å². The molecule has 1 aliphatic rings. The van der Waals surface area contributed by atoms with Crippen molar-refractivity contribution >= 4 is 29.0 Å². The minimum Gasteiger partial charge on any atom is -0.366 e. The van der Waals surface area contributed by atoms with Crippen LogP contribution in [0.3, 0.4) is 0 Å². The van der Waals surface area contributed by atoms with E-state index in [2.05, 4.69) is 17.4 Å². The zero-order valence-electron chi connectivity index (χ0n) is 15.8. The first-order chi connectivity index (χ1) is 13.6. The quantitative estimate of drug-likeness (QED) is 0.313. The van der Waals surface area contributed by atoms with Crippen LogP contribution >= 0.6 is 11.8 Å². The normalized spacial score (nSPS) is 14.6. The lowest BCUT2D eigenvalue weighted by molar-refractivity contribution is -0.384. The van der Waals surface area contributed by atoms with Gasteiger partial charge in [0.2, 0.25) is 5.91 Å². The number of nitrogens with zero attached hydrogens (tertiary/aromatic N) is 2. The summed E-state index contributed by atoms with van der Waals surface area (Å²) in [5.74, 6) is 1.06. The van der Waals surface area contributed by atoms with Crippen molar-refractivity contribution in [2.24, 2.45) is 5.92 Å². The molecule has 2 aromatic rings. The Morgan fingerprint density at radius 1 is 1.11 bits per heavy atom. The molecule has 7 heteroatoms. The van der Waals surface area contributed by atoms with Gasteiger partial charge in [-0.25, -0.2) is 0 Å². The van der Waals surface area contributed by atoms with Crippen molar-refractivity contribution in [3.05, 3.63) is 64.7 Å². The maximum atomic E-state index is 12.4. The Kier molecular flexibility index (Phi) is 7.31. The molecule has 6 nitrogen and oxygen atoms in total. The lowest BCUT2D eigenvalue weighted by atomic mass is 9.95. The molecule has 1 heterocycles. The first kappa shape index (κ1) is 20.2. The van der Waals surface area contributed by atoms with Gasteiger partial charge in [0.05, 0.1) is 4.92 Å². The van der Waals surface area contributed by atoms with Gasteiger partial charge in [-0.05, 0) is 43.2 Å². The number of nitro benzene ring substituents is 1. The van der Waals surface area contributed by atoms with Crippen molar-refractivity contribution in [2.75, 3.05) is 30.3 Å². The highest BCUT2D eigenvalue weighted by Gasteiger charge is 2.27. The Balaban J connectivity index is 1.39. The number of hydrogen-bond acceptors (Lipinski definition) is 5. The molecule has 0 spiro atoms. The lowest BCUT2D eigenvalue weighted by Gasteiger charge is -2.32. The van der Waals surface area contributed by atoms with Gasteiger partial charge in [-0.3, -0.25) is 14.9 Å². The van der Waals surface area contributed by atoms with Crippen molar-refractivity contribution in [1.82, 2.24) is 5.32 Å². The summed E-state index contributed by atoms with van der Waals surface area (Å²) in [6.07, 6.45) is 2.37. The molecule has 3 rings (SSSR count). The number of para-hydroxylation sites is 2. The van der Waals surface area contributed by atoms with Gasteiger partial charge in [-0.1, -0.05) is 30.3 Å². The predicted octanol–water partition coefficient (Wildman–Crippen LogP) is 4.11. The fraction of sp³-hybridized carbons (Fsp3) is 0.381. The number of anilines is 1. The predicted molar refractivity (Wildman–Crippen MR) is 113 cm³/mol. The van der Waals surface area contributed by atoms with E-state index in [1.165, 1.54) is 11.0 Å². The average molecular weight is 400 g/mol. The Morgan fingerprint density at radius 2 is 1.79 bits per heavy atom. The lowest BCUT2D eigenvalue weighted by Crippen LogP contribution is -2.41. The summed E-state index contributed by atoms with van der Waals surface area (Å²) in [5.41, 5.74) is 0.769. The summed E-state index contributed by atoms with van der Waals surface area (Å²) >= 11 is 1.80. The Hall–Kier alpha value is -2.54. The maximum Gasteiger partial charge on any atom is 0.292 e. The van der Waals surface area contributed by atoms with Gasteiger partial charge in [0.15, 0.2) is 0 Å². The van der Waals surface area contributed by atoms with E-state index < -0.39 is 0 Å². The van der Waals surface area contributed by atoms with Crippen LogP contribution < -0.4 is 10.2 Å². The van der Waals surface area contributed by atoms with E-state index in [1.54, 1.807) is 23.9 Å². The summed E-state index contributed by atoms with van der Waals surface area (Å²) in [6, 6.07) is 17.0. The zero-order chi connectivity index (χ0) is 19.8. The standard InChI is InChI=1S/C21H25N3O3S/c25-21(22-13-6-16-28-18-7-2-1-3-8-18)17-11-14-23(15-12-17)19-9-4-5-10-20(19)24(26)27/h1-5,7-10,17H,6,11-16H2,(H,22,25). The van der Waals surface area contributed by atoms with Crippen LogP contribution in [0.25, 0.3) is 0 Å². The SMILES string of the molecule is O=C(NCCCSc1ccccc1)C1CCN(c2ccccc2[N+](=O)[O-])CC1. The smallest absolute Gasteiger partial charge is 0.292 e. The number of carbonyl (C=O) groups excluding carboxylic acids is 1. The second kappa shape index (κ2) is 10.1. The second-order valence-corrected chi connectivity index (χ2v) is 7.98. The highest BCUT2D eigenvalue weighted by molar-refractivity contribution is 7.99. The summed E-state index contributed by atoms with van der Waals surface area (Å²) < 4.78 is 0. The van der Waals surface area contributed by atoms with Crippen molar-refractivity contribution in [3.63, 3.8) is 0 Å². The van der Waals surface area contributed by atoms with Crippen molar-refractivity contribution < 1.29 is 9.72 Å². The van der Waals surface area contributed by atoms with Crippen molar-refractivity contribution in [1.29, 1.82) is 0 Å². The number of benzene rings is 2. The van der Waals surface area contributed by atoms with Gasteiger partial charge in [0.1, 0.15) is 5.69 Å². The van der Waals surface area contributed by atoms with E-state index in [9.17, 15) is 14.9 Å². The molecule has 1 saturated heterocycles. The molecule has 1 amide bonds. The molecule has 1 aliphatic heterocycles. The van der Waals surface area contributed by atoms with E-state index in [0.717, 1.165) is 25.0 Å². The molecule has 0 unspecified atom stereocenters. The monoisotopic (exact) mass is 399 g/mol. The van der Waals surface area contributed by atoms with E-state index in [-0.39, 0.29) is 22.4 Å². The first-order valence-corrected chi connectivity index (χ1v) is 10.6.